The van der Waals surface area contributed by atoms with Gasteiger partial charge in [0.05, 0.1) is 5.02 Å². The van der Waals surface area contributed by atoms with Crippen LogP contribution in [0.3, 0.4) is 0 Å². The second kappa shape index (κ2) is 6.59. The Balaban J connectivity index is 1.77. The largest absolute Gasteiger partial charge is 0.491 e. The minimum Gasteiger partial charge on any atom is -0.491 e. The van der Waals surface area contributed by atoms with Crippen molar-refractivity contribution in [3.8, 4) is 5.75 Å². The summed E-state index contributed by atoms with van der Waals surface area (Å²) in [6.45, 7) is 5.96. The molecule has 1 aliphatic rings. The lowest BCUT2D eigenvalue weighted by Crippen LogP contribution is -2.44. The van der Waals surface area contributed by atoms with E-state index in [1.54, 1.807) is 0 Å². The second-order valence-corrected chi connectivity index (χ2v) is 5.34. The van der Waals surface area contributed by atoms with Crippen molar-refractivity contribution in [2.24, 2.45) is 0 Å². The van der Waals surface area contributed by atoms with E-state index in [2.05, 4.69) is 26.1 Å². The van der Waals surface area contributed by atoms with Gasteiger partial charge >= 0.3 is 0 Å². The molecule has 3 nitrogen and oxygen atoms in total. The second-order valence-electron chi connectivity index (χ2n) is 4.01. The summed E-state index contributed by atoms with van der Waals surface area (Å²) in [5.41, 5.74) is 0. The molecule has 0 aromatic heterocycles. The maximum absolute atomic E-state index is 6.07. The fourth-order valence-electron chi connectivity index (χ4n) is 1.81. The minimum atomic E-state index is 0.652. The van der Waals surface area contributed by atoms with Gasteiger partial charge in [-0.05, 0) is 18.2 Å². The summed E-state index contributed by atoms with van der Waals surface area (Å²) in [7, 11) is 0. The van der Waals surface area contributed by atoms with E-state index in [1.807, 2.05) is 18.2 Å². The molecule has 1 N–H and O–H groups in total. The zero-order valence-electron chi connectivity index (χ0n) is 9.59. The minimum absolute atomic E-state index is 0.652. The van der Waals surface area contributed by atoms with Crippen LogP contribution in [-0.4, -0.2) is 44.2 Å². The Morgan fingerprint density at radius 3 is 2.82 bits per heavy atom. The van der Waals surface area contributed by atoms with Crippen LogP contribution in [0.1, 0.15) is 0 Å². The molecule has 1 fully saturated rings. The summed E-state index contributed by atoms with van der Waals surface area (Å²) in [5, 5.41) is 3.98. The molecular weight excluding hydrogens is 304 g/mol. The van der Waals surface area contributed by atoms with Gasteiger partial charge in [-0.1, -0.05) is 27.5 Å². The molecule has 1 saturated heterocycles. The Hall–Kier alpha value is -0.290. The molecule has 5 heteroatoms. The molecule has 1 aliphatic heterocycles. The number of rotatable bonds is 4. The van der Waals surface area contributed by atoms with Gasteiger partial charge in [0.15, 0.2) is 0 Å². The highest BCUT2D eigenvalue weighted by Crippen LogP contribution is 2.27. The zero-order chi connectivity index (χ0) is 12.1. The van der Waals surface area contributed by atoms with Crippen molar-refractivity contribution in [1.29, 1.82) is 0 Å². The van der Waals surface area contributed by atoms with Gasteiger partial charge < -0.3 is 10.1 Å². The van der Waals surface area contributed by atoms with Gasteiger partial charge in [0.1, 0.15) is 12.4 Å². The number of hydrogen-bond acceptors (Lipinski definition) is 3. The van der Waals surface area contributed by atoms with Crippen molar-refractivity contribution in [1.82, 2.24) is 10.2 Å². The molecule has 2 rings (SSSR count). The maximum atomic E-state index is 6.07. The first-order valence-corrected chi connectivity index (χ1v) is 6.94. The van der Waals surface area contributed by atoms with Crippen LogP contribution in [0.15, 0.2) is 22.7 Å². The standard InChI is InChI=1S/C12H16BrClN2O/c13-10-1-2-12(11(14)9-10)17-8-7-16-5-3-15-4-6-16/h1-2,9,15H,3-8H2. The van der Waals surface area contributed by atoms with Gasteiger partial charge in [-0.25, -0.2) is 0 Å². The number of halogens is 2. The van der Waals surface area contributed by atoms with Crippen LogP contribution in [0.5, 0.6) is 5.75 Å². The van der Waals surface area contributed by atoms with Gasteiger partial charge in [0.2, 0.25) is 0 Å². The summed E-state index contributed by atoms with van der Waals surface area (Å²) >= 11 is 9.44. The summed E-state index contributed by atoms with van der Waals surface area (Å²) in [4.78, 5) is 2.39. The number of nitrogens with one attached hydrogen (secondary N) is 1. The van der Waals surface area contributed by atoms with Crippen molar-refractivity contribution < 1.29 is 4.74 Å². The van der Waals surface area contributed by atoms with Gasteiger partial charge in [0.25, 0.3) is 0 Å². The van der Waals surface area contributed by atoms with Crippen molar-refractivity contribution in [2.75, 3.05) is 39.3 Å². The Morgan fingerprint density at radius 2 is 2.12 bits per heavy atom. The third-order valence-corrected chi connectivity index (χ3v) is 3.56. The van der Waals surface area contributed by atoms with E-state index in [4.69, 9.17) is 16.3 Å². The fourth-order valence-corrected chi connectivity index (χ4v) is 2.54. The molecule has 1 aromatic carbocycles. The van der Waals surface area contributed by atoms with E-state index in [1.165, 1.54) is 0 Å². The monoisotopic (exact) mass is 318 g/mol. The Morgan fingerprint density at radius 1 is 1.35 bits per heavy atom. The van der Waals surface area contributed by atoms with Crippen molar-refractivity contribution in [3.63, 3.8) is 0 Å². The lowest BCUT2D eigenvalue weighted by Gasteiger charge is -2.26. The summed E-state index contributed by atoms with van der Waals surface area (Å²) in [6, 6.07) is 5.68. The number of hydrogen-bond donors (Lipinski definition) is 1. The molecule has 0 spiro atoms. The van der Waals surface area contributed by atoms with E-state index < -0.39 is 0 Å². The molecule has 1 heterocycles. The van der Waals surface area contributed by atoms with E-state index in [0.717, 1.165) is 42.9 Å². The van der Waals surface area contributed by atoms with E-state index in [-0.39, 0.29) is 0 Å². The molecule has 17 heavy (non-hydrogen) atoms. The normalized spacial score (nSPS) is 17.1. The topological polar surface area (TPSA) is 24.5 Å². The third kappa shape index (κ3) is 4.14. The molecule has 94 valence electrons. The molecule has 0 aliphatic carbocycles. The molecule has 0 saturated carbocycles. The predicted octanol–water partition coefficient (Wildman–Crippen LogP) is 2.39. The highest BCUT2D eigenvalue weighted by atomic mass is 79.9. The van der Waals surface area contributed by atoms with Crippen LogP contribution in [0, 0.1) is 0 Å². The lowest BCUT2D eigenvalue weighted by atomic mass is 10.3. The quantitative estimate of drug-likeness (QED) is 0.922. The fraction of sp³-hybridized carbons (Fsp3) is 0.500. The maximum Gasteiger partial charge on any atom is 0.138 e. The molecule has 0 unspecified atom stereocenters. The number of nitrogens with zero attached hydrogens (tertiary/aromatic N) is 1. The van der Waals surface area contributed by atoms with Gasteiger partial charge in [-0.2, -0.15) is 0 Å². The molecular formula is C12H16BrClN2O. The Bertz CT molecular complexity index is 370. The number of benzene rings is 1. The SMILES string of the molecule is Clc1cc(Br)ccc1OCCN1CCNCC1. The number of piperazine rings is 1. The van der Waals surface area contributed by atoms with Crippen molar-refractivity contribution >= 4 is 27.5 Å². The lowest BCUT2D eigenvalue weighted by molar-refractivity contribution is 0.191. The van der Waals surface area contributed by atoms with Gasteiger partial charge in [0, 0.05) is 37.2 Å². The zero-order valence-corrected chi connectivity index (χ0v) is 11.9. The van der Waals surface area contributed by atoms with Crippen LogP contribution < -0.4 is 10.1 Å². The first-order valence-electron chi connectivity index (χ1n) is 5.76. The van der Waals surface area contributed by atoms with Crippen LogP contribution in [0.4, 0.5) is 0 Å². The predicted molar refractivity (Wildman–Crippen MR) is 74.0 cm³/mol. The van der Waals surface area contributed by atoms with Crippen LogP contribution in [-0.2, 0) is 0 Å². The molecule has 0 radical (unpaired) electrons. The molecule has 0 atom stereocenters. The smallest absolute Gasteiger partial charge is 0.138 e. The number of ether oxygens (including phenoxy) is 1. The highest BCUT2D eigenvalue weighted by molar-refractivity contribution is 9.10. The summed E-state index contributed by atoms with van der Waals surface area (Å²) in [5.74, 6) is 0.755. The van der Waals surface area contributed by atoms with Crippen molar-refractivity contribution in [2.45, 2.75) is 0 Å². The van der Waals surface area contributed by atoms with Gasteiger partial charge in [-0.15, -0.1) is 0 Å². The third-order valence-electron chi connectivity index (χ3n) is 2.77. The first kappa shape index (κ1) is 13.1. The van der Waals surface area contributed by atoms with Crippen molar-refractivity contribution in [3.05, 3.63) is 27.7 Å². The van der Waals surface area contributed by atoms with E-state index in [9.17, 15) is 0 Å². The van der Waals surface area contributed by atoms with E-state index in [0.29, 0.717) is 11.6 Å². The average Bonchev–Trinajstić information content (AvgIpc) is 2.33. The average molecular weight is 320 g/mol. The summed E-state index contributed by atoms with van der Waals surface area (Å²) in [6.07, 6.45) is 0. The Kier molecular flexibility index (Phi) is 5.10. The molecule has 0 bridgehead atoms. The van der Waals surface area contributed by atoms with Crippen LogP contribution in [0.2, 0.25) is 5.02 Å². The highest BCUT2D eigenvalue weighted by Gasteiger charge is 2.09. The van der Waals surface area contributed by atoms with E-state index >= 15 is 0 Å². The summed E-state index contributed by atoms with van der Waals surface area (Å²) < 4.78 is 6.65. The molecule has 1 aromatic rings. The van der Waals surface area contributed by atoms with Gasteiger partial charge in [-0.3, -0.25) is 4.90 Å². The first-order chi connectivity index (χ1) is 8.25. The molecule has 0 amide bonds. The van der Waals surface area contributed by atoms with Crippen LogP contribution in [0.25, 0.3) is 0 Å². The van der Waals surface area contributed by atoms with Crippen LogP contribution >= 0.6 is 27.5 Å². The Labute approximate surface area is 115 Å².